The number of benzene rings is 1. The second kappa shape index (κ2) is 4.37. The van der Waals surface area contributed by atoms with Gasteiger partial charge in [0.15, 0.2) is 0 Å². The zero-order valence-electron chi connectivity index (χ0n) is 10.5. The molecule has 1 aromatic heterocycles. The number of hydrogen-bond acceptors (Lipinski definition) is 2. The second-order valence-corrected chi connectivity index (χ2v) is 5.21. The fourth-order valence-corrected chi connectivity index (χ4v) is 3.13. The Bertz CT molecular complexity index is 623. The maximum Gasteiger partial charge on any atom is 0.314 e. The predicted octanol–water partition coefficient (Wildman–Crippen LogP) is 3.86. The van der Waals surface area contributed by atoms with Crippen molar-refractivity contribution in [3.8, 4) is 0 Å². The Morgan fingerprint density at radius 1 is 1.21 bits per heavy atom. The Morgan fingerprint density at radius 3 is 2.63 bits per heavy atom. The Labute approximate surface area is 110 Å². The lowest BCUT2D eigenvalue weighted by Gasteiger charge is -2.33. The first-order valence-corrected chi connectivity index (χ1v) is 6.55. The molecule has 1 fully saturated rings. The first kappa shape index (κ1) is 12.2. The van der Waals surface area contributed by atoms with E-state index >= 15 is 0 Å². The minimum atomic E-state index is -1.08. The molecule has 4 heteroatoms. The normalized spacial score (nSPS) is 18.6. The molecule has 0 radical (unpaired) electrons. The second-order valence-electron chi connectivity index (χ2n) is 5.21. The van der Waals surface area contributed by atoms with Crippen LogP contribution in [0.5, 0.6) is 0 Å². The highest BCUT2D eigenvalue weighted by Crippen LogP contribution is 2.42. The number of rotatable bonds is 2. The molecule has 0 saturated heterocycles. The van der Waals surface area contributed by atoms with Gasteiger partial charge in [0.05, 0.1) is 17.1 Å². The number of carboxylic acids is 1. The first-order chi connectivity index (χ1) is 9.15. The zero-order valence-corrected chi connectivity index (χ0v) is 10.5. The molecule has 1 heterocycles. The third-order valence-corrected chi connectivity index (χ3v) is 4.20. The molecule has 1 aromatic carbocycles. The van der Waals surface area contributed by atoms with Crippen LogP contribution in [-0.4, -0.2) is 11.1 Å². The molecular formula is C15H15FO3. The van der Waals surface area contributed by atoms with Gasteiger partial charge in [0.2, 0.25) is 0 Å². The van der Waals surface area contributed by atoms with Crippen LogP contribution in [0.2, 0.25) is 0 Å². The van der Waals surface area contributed by atoms with Crippen LogP contribution in [0.15, 0.2) is 28.9 Å². The van der Waals surface area contributed by atoms with Gasteiger partial charge in [-0.25, -0.2) is 4.39 Å². The Balaban J connectivity index is 2.19. The molecule has 3 rings (SSSR count). The Morgan fingerprint density at radius 2 is 1.95 bits per heavy atom. The van der Waals surface area contributed by atoms with E-state index in [-0.39, 0.29) is 0 Å². The van der Waals surface area contributed by atoms with E-state index in [2.05, 4.69) is 0 Å². The lowest BCUT2D eigenvalue weighted by molar-refractivity contribution is -0.145. The summed E-state index contributed by atoms with van der Waals surface area (Å²) in [6.07, 6.45) is 5.10. The maximum atomic E-state index is 14.6. The highest BCUT2D eigenvalue weighted by molar-refractivity contribution is 5.85. The highest BCUT2D eigenvalue weighted by atomic mass is 19.1. The van der Waals surface area contributed by atoms with Crippen LogP contribution in [0.4, 0.5) is 4.39 Å². The standard InChI is InChI=1S/C15H15FO3/c16-13-10-6-9-19-12(10)5-4-11(13)15(14(17)18)7-2-1-3-8-15/h4-6,9H,1-3,7-8H2,(H,17,18). The average molecular weight is 262 g/mol. The molecule has 0 aliphatic heterocycles. The van der Waals surface area contributed by atoms with Gasteiger partial charge in [-0.3, -0.25) is 4.79 Å². The van der Waals surface area contributed by atoms with E-state index in [1.54, 1.807) is 18.2 Å². The van der Waals surface area contributed by atoms with Crippen molar-refractivity contribution in [1.82, 2.24) is 0 Å². The summed E-state index contributed by atoms with van der Waals surface area (Å²) < 4.78 is 19.7. The predicted molar refractivity (Wildman–Crippen MR) is 68.6 cm³/mol. The van der Waals surface area contributed by atoms with Crippen LogP contribution in [0.3, 0.4) is 0 Å². The van der Waals surface area contributed by atoms with Gasteiger partial charge < -0.3 is 9.52 Å². The van der Waals surface area contributed by atoms with E-state index in [0.717, 1.165) is 19.3 Å². The summed E-state index contributed by atoms with van der Waals surface area (Å²) in [6.45, 7) is 0. The summed E-state index contributed by atoms with van der Waals surface area (Å²) in [5.74, 6) is -1.37. The maximum absolute atomic E-state index is 14.6. The topological polar surface area (TPSA) is 50.4 Å². The molecule has 0 atom stereocenters. The molecule has 0 bridgehead atoms. The monoisotopic (exact) mass is 262 g/mol. The van der Waals surface area contributed by atoms with Gasteiger partial charge in [-0.15, -0.1) is 0 Å². The third-order valence-electron chi connectivity index (χ3n) is 4.20. The number of hydrogen-bond donors (Lipinski definition) is 1. The van der Waals surface area contributed by atoms with Gasteiger partial charge in [0.25, 0.3) is 0 Å². The number of aliphatic carboxylic acids is 1. The van der Waals surface area contributed by atoms with Crippen molar-refractivity contribution in [1.29, 1.82) is 0 Å². The molecule has 0 spiro atoms. The van der Waals surface area contributed by atoms with E-state index in [1.165, 1.54) is 6.26 Å². The molecule has 0 amide bonds. The Kier molecular flexibility index (Phi) is 2.81. The highest BCUT2D eigenvalue weighted by Gasteiger charge is 2.43. The molecule has 19 heavy (non-hydrogen) atoms. The number of fused-ring (bicyclic) bond motifs is 1. The fourth-order valence-electron chi connectivity index (χ4n) is 3.13. The molecule has 2 aromatic rings. The van der Waals surface area contributed by atoms with E-state index < -0.39 is 17.2 Å². The summed E-state index contributed by atoms with van der Waals surface area (Å²) in [7, 11) is 0. The molecule has 1 N–H and O–H groups in total. The molecule has 100 valence electrons. The summed E-state index contributed by atoms with van der Waals surface area (Å²) in [6, 6.07) is 4.78. The third kappa shape index (κ3) is 1.74. The van der Waals surface area contributed by atoms with Crippen molar-refractivity contribution in [3.63, 3.8) is 0 Å². The molecule has 1 saturated carbocycles. The summed E-state index contributed by atoms with van der Waals surface area (Å²) in [4.78, 5) is 11.7. The number of furan rings is 1. The van der Waals surface area contributed by atoms with Crippen LogP contribution in [0.1, 0.15) is 37.7 Å². The van der Waals surface area contributed by atoms with Crippen LogP contribution >= 0.6 is 0 Å². The van der Waals surface area contributed by atoms with Crippen molar-refractivity contribution >= 4 is 16.9 Å². The first-order valence-electron chi connectivity index (χ1n) is 6.55. The van der Waals surface area contributed by atoms with Crippen molar-refractivity contribution < 1.29 is 18.7 Å². The number of halogens is 1. The van der Waals surface area contributed by atoms with E-state index in [0.29, 0.717) is 29.4 Å². The minimum absolute atomic E-state index is 0.300. The van der Waals surface area contributed by atoms with Gasteiger partial charge in [-0.2, -0.15) is 0 Å². The molecule has 1 aliphatic carbocycles. The SMILES string of the molecule is O=C(O)C1(c2ccc3occc3c2F)CCCCC1. The van der Waals surface area contributed by atoms with Crippen LogP contribution < -0.4 is 0 Å². The fraction of sp³-hybridized carbons (Fsp3) is 0.400. The molecular weight excluding hydrogens is 247 g/mol. The smallest absolute Gasteiger partial charge is 0.314 e. The Hall–Kier alpha value is -1.84. The van der Waals surface area contributed by atoms with Gasteiger partial charge in [0.1, 0.15) is 11.4 Å². The average Bonchev–Trinajstić information content (AvgIpc) is 2.89. The lowest BCUT2D eigenvalue weighted by atomic mass is 9.69. The molecule has 1 aliphatic rings. The number of carboxylic acid groups (broad SMARTS) is 1. The summed E-state index contributed by atoms with van der Waals surface area (Å²) >= 11 is 0. The summed E-state index contributed by atoms with van der Waals surface area (Å²) in [5, 5.41) is 9.96. The molecule has 3 nitrogen and oxygen atoms in total. The van der Waals surface area contributed by atoms with Gasteiger partial charge in [-0.05, 0) is 25.0 Å². The number of carbonyl (C=O) groups is 1. The van der Waals surface area contributed by atoms with Crippen molar-refractivity contribution in [2.75, 3.05) is 0 Å². The molecule has 0 unspecified atom stereocenters. The van der Waals surface area contributed by atoms with E-state index in [4.69, 9.17) is 4.42 Å². The van der Waals surface area contributed by atoms with E-state index in [9.17, 15) is 14.3 Å². The zero-order chi connectivity index (χ0) is 13.5. The minimum Gasteiger partial charge on any atom is -0.481 e. The largest absolute Gasteiger partial charge is 0.481 e. The van der Waals surface area contributed by atoms with Crippen LogP contribution in [-0.2, 0) is 10.2 Å². The van der Waals surface area contributed by atoms with Crippen molar-refractivity contribution in [2.24, 2.45) is 0 Å². The summed E-state index contributed by atoms with van der Waals surface area (Å²) in [5.41, 5.74) is -0.320. The lowest BCUT2D eigenvalue weighted by Crippen LogP contribution is -2.38. The van der Waals surface area contributed by atoms with Gasteiger partial charge in [-0.1, -0.05) is 25.3 Å². The van der Waals surface area contributed by atoms with Crippen molar-refractivity contribution in [3.05, 3.63) is 35.8 Å². The van der Waals surface area contributed by atoms with E-state index in [1.807, 2.05) is 0 Å². The van der Waals surface area contributed by atoms with Crippen LogP contribution in [0.25, 0.3) is 11.0 Å². The quantitative estimate of drug-likeness (QED) is 0.894. The van der Waals surface area contributed by atoms with Crippen molar-refractivity contribution in [2.45, 2.75) is 37.5 Å². The van der Waals surface area contributed by atoms with Crippen LogP contribution in [0, 0.1) is 5.82 Å². The van der Waals surface area contributed by atoms with Gasteiger partial charge in [0, 0.05) is 5.56 Å². The van der Waals surface area contributed by atoms with Gasteiger partial charge >= 0.3 is 5.97 Å².